The summed E-state index contributed by atoms with van der Waals surface area (Å²) < 4.78 is 28.4. The average molecular weight is 471 g/mol. The molecule has 1 amide bonds. The Hall–Kier alpha value is -3.35. The Bertz CT molecular complexity index is 1450. The van der Waals surface area contributed by atoms with Crippen LogP contribution in [0, 0.1) is 6.92 Å². The molecule has 0 atom stereocenters. The highest BCUT2D eigenvalue weighted by molar-refractivity contribution is 7.93. The minimum absolute atomic E-state index is 0.0916. The molecule has 1 aliphatic heterocycles. The molecule has 31 heavy (non-hydrogen) atoms. The molecule has 3 N–H and O–H groups in total. The summed E-state index contributed by atoms with van der Waals surface area (Å²) in [6, 6.07) is 9.90. The number of carbonyl (C=O) groups excluding carboxylic acids is 1. The molecule has 0 saturated heterocycles. The molecule has 5 rings (SSSR count). The van der Waals surface area contributed by atoms with Crippen LogP contribution in [-0.2, 0) is 14.8 Å². The number of anilines is 3. The maximum atomic E-state index is 12.5. The van der Waals surface area contributed by atoms with Crippen LogP contribution in [0.5, 0.6) is 0 Å². The molecule has 0 fully saturated rings. The van der Waals surface area contributed by atoms with Gasteiger partial charge in [0.05, 0.1) is 31.9 Å². The first-order valence-corrected chi connectivity index (χ1v) is 12.2. The van der Waals surface area contributed by atoms with Crippen LogP contribution in [0.15, 0.2) is 53.0 Å². The Morgan fingerprint density at radius 3 is 2.65 bits per heavy atom. The second-order valence-electron chi connectivity index (χ2n) is 6.60. The van der Waals surface area contributed by atoms with E-state index in [-0.39, 0.29) is 15.9 Å². The molecule has 0 saturated carbocycles. The number of benzene rings is 2. The van der Waals surface area contributed by atoms with Crippen LogP contribution >= 0.6 is 22.7 Å². The number of aryl methyl sites for hydroxylation is 1. The standard InChI is InChI=1S/C19H14N6O3S3/c1-10-23-24-19(30-10)25-31(27,28)12-4-2-11(3-5-12)20-8-13-16-14(22-18(13)26)6-7-15-17(16)29-9-21-15/h2-9,20H,1H3,(H,22,26)(H,24,25). The number of rotatable bonds is 5. The molecule has 9 nitrogen and oxygen atoms in total. The highest BCUT2D eigenvalue weighted by Gasteiger charge is 2.27. The van der Waals surface area contributed by atoms with Gasteiger partial charge in [-0.05, 0) is 43.3 Å². The number of hydrogen-bond donors (Lipinski definition) is 3. The van der Waals surface area contributed by atoms with E-state index in [1.165, 1.54) is 23.5 Å². The zero-order valence-corrected chi connectivity index (χ0v) is 18.4. The molecular formula is C19H14N6O3S3. The summed E-state index contributed by atoms with van der Waals surface area (Å²) in [4.78, 5) is 16.8. The maximum Gasteiger partial charge on any atom is 0.263 e. The smallest absolute Gasteiger partial charge is 0.263 e. The third-order valence-electron chi connectivity index (χ3n) is 4.56. The number of amides is 1. The fourth-order valence-corrected chi connectivity index (χ4v) is 5.81. The predicted octanol–water partition coefficient (Wildman–Crippen LogP) is 3.66. The predicted molar refractivity (Wildman–Crippen MR) is 122 cm³/mol. The lowest BCUT2D eigenvalue weighted by atomic mass is 10.1. The Morgan fingerprint density at radius 2 is 1.90 bits per heavy atom. The van der Waals surface area contributed by atoms with Crippen LogP contribution in [0.4, 0.5) is 16.5 Å². The Labute approximate surface area is 184 Å². The number of fused-ring (bicyclic) bond motifs is 3. The van der Waals surface area contributed by atoms with Gasteiger partial charge in [-0.1, -0.05) is 11.3 Å². The van der Waals surface area contributed by atoms with E-state index in [2.05, 4.69) is 30.5 Å². The van der Waals surface area contributed by atoms with E-state index in [0.717, 1.165) is 32.8 Å². The zero-order chi connectivity index (χ0) is 21.6. The van der Waals surface area contributed by atoms with Crippen LogP contribution in [0.3, 0.4) is 0 Å². The summed E-state index contributed by atoms with van der Waals surface area (Å²) in [6.07, 6.45) is 1.62. The summed E-state index contributed by atoms with van der Waals surface area (Å²) in [7, 11) is -3.77. The second kappa shape index (κ2) is 7.41. The maximum absolute atomic E-state index is 12.5. The third kappa shape index (κ3) is 3.65. The lowest BCUT2D eigenvalue weighted by molar-refractivity contribution is -0.110. The van der Waals surface area contributed by atoms with Crippen LogP contribution in [0.1, 0.15) is 10.6 Å². The number of thiazole rings is 1. The highest BCUT2D eigenvalue weighted by Crippen LogP contribution is 2.39. The summed E-state index contributed by atoms with van der Waals surface area (Å²) >= 11 is 2.63. The number of hydrogen-bond acceptors (Lipinski definition) is 9. The van der Waals surface area contributed by atoms with Crippen molar-refractivity contribution in [3.8, 4) is 0 Å². The summed E-state index contributed by atoms with van der Waals surface area (Å²) in [5, 5.41) is 14.4. The number of carbonyl (C=O) groups is 1. The van der Waals surface area contributed by atoms with Crippen molar-refractivity contribution < 1.29 is 13.2 Å². The van der Waals surface area contributed by atoms with Gasteiger partial charge in [-0.3, -0.25) is 9.52 Å². The summed E-state index contributed by atoms with van der Waals surface area (Å²) in [5.74, 6) is -0.209. The first-order chi connectivity index (χ1) is 14.9. The van der Waals surface area contributed by atoms with E-state index in [4.69, 9.17) is 0 Å². The van der Waals surface area contributed by atoms with E-state index in [9.17, 15) is 13.2 Å². The topological polar surface area (TPSA) is 126 Å². The SMILES string of the molecule is Cc1nnc(NS(=O)(=O)c2ccc(NC=C3C(=O)Nc4ccc5ncsc5c43)cc2)s1. The van der Waals surface area contributed by atoms with Gasteiger partial charge in [-0.15, -0.1) is 21.5 Å². The fourth-order valence-electron chi connectivity index (χ4n) is 3.14. The third-order valence-corrected chi connectivity index (χ3v) is 7.65. The van der Waals surface area contributed by atoms with Crippen LogP contribution in [-0.4, -0.2) is 29.5 Å². The Kier molecular flexibility index (Phi) is 4.68. The molecule has 1 aliphatic rings. The van der Waals surface area contributed by atoms with Gasteiger partial charge in [0.25, 0.3) is 15.9 Å². The zero-order valence-electron chi connectivity index (χ0n) is 15.9. The van der Waals surface area contributed by atoms with Gasteiger partial charge in [0, 0.05) is 17.5 Å². The van der Waals surface area contributed by atoms with Gasteiger partial charge in [0.2, 0.25) is 5.13 Å². The minimum Gasteiger partial charge on any atom is -0.361 e. The van der Waals surface area contributed by atoms with Gasteiger partial charge in [-0.2, -0.15) is 0 Å². The van der Waals surface area contributed by atoms with Crippen LogP contribution in [0.2, 0.25) is 0 Å². The van der Waals surface area contributed by atoms with E-state index >= 15 is 0 Å². The largest absolute Gasteiger partial charge is 0.361 e. The molecule has 2 aromatic heterocycles. The lowest BCUT2D eigenvalue weighted by Gasteiger charge is -2.07. The normalized spacial score (nSPS) is 14.6. The Morgan fingerprint density at radius 1 is 1.10 bits per heavy atom. The molecular weight excluding hydrogens is 456 g/mol. The molecule has 0 aliphatic carbocycles. The Balaban J connectivity index is 1.38. The van der Waals surface area contributed by atoms with Gasteiger partial charge >= 0.3 is 0 Å². The van der Waals surface area contributed by atoms with Crippen molar-refractivity contribution in [1.29, 1.82) is 0 Å². The molecule has 0 radical (unpaired) electrons. The lowest BCUT2D eigenvalue weighted by Crippen LogP contribution is -2.12. The van der Waals surface area contributed by atoms with Crippen molar-refractivity contribution in [3.05, 3.63) is 58.7 Å². The van der Waals surface area contributed by atoms with Crippen molar-refractivity contribution in [2.24, 2.45) is 0 Å². The van der Waals surface area contributed by atoms with Gasteiger partial charge < -0.3 is 10.6 Å². The monoisotopic (exact) mass is 470 g/mol. The quantitative estimate of drug-likeness (QED) is 0.380. The van der Waals surface area contributed by atoms with Crippen LogP contribution < -0.4 is 15.4 Å². The second-order valence-corrected chi connectivity index (χ2v) is 10.3. The van der Waals surface area contributed by atoms with Gasteiger partial charge in [0.15, 0.2) is 0 Å². The summed E-state index contributed by atoms with van der Waals surface area (Å²) in [5.41, 5.74) is 5.27. The van der Waals surface area contributed by atoms with Crippen LogP contribution in [0.25, 0.3) is 15.8 Å². The van der Waals surface area contributed by atoms with Gasteiger partial charge in [-0.25, -0.2) is 13.4 Å². The number of nitrogens with zero attached hydrogens (tertiary/aromatic N) is 3. The van der Waals surface area contributed by atoms with Crippen molar-refractivity contribution >= 4 is 70.9 Å². The molecule has 156 valence electrons. The van der Waals surface area contributed by atoms with E-state index < -0.39 is 10.0 Å². The summed E-state index contributed by atoms with van der Waals surface area (Å²) in [6.45, 7) is 1.74. The van der Waals surface area contributed by atoms with Crippen molar-refractivity contribution in [3.63, 3.8) is 0 Å². The van der Waals surface area contributed by atoms with Crippen molar-refractivity contribution in [2.75, 3.05) is 15.4 Å². The fraction of sp³-hybridized carbons (Fsp3) is 0.0526. The molecule has 0 unspecified atom stereocenters. The number of sulfonamides is 1. The van der Waals surface area contributed by atoms with E-state index in [0.29, 0.717) is 16.3 Å². The molecule has 2 aromatic carbocycles. The van der Waals surface area contributed by atoms with Crippen molar-refractivity contribution in [2.45, 2.75) is 11.8 Å². The van der Waals surface area contributed by atoms with E-state index in [1.54, 1.807) is 30.8 Å². The van der Waals surface area contributed by atoms with E-state index in [1.807, 2.05) is 12.1 Å². The average Bonchev–Trinajstić information content (AvgIpc) is 3.44. The molecule has 3 heterocycles. The first-order valence-electron chi connectivity index (χ1n) is 8.98. The first kappa shape index (κ1) is 19.6. The minimum atomic E-state index is -3.77. The molecule has 12 heteroatoms. The molecule has 0 bridgehead atoms. The molecule has 0 spiro atoms. The number of nitrogens with one attached hydrogen (secondary N) is 3. The highest BCUT2D eigenvalue weighted by atomic mass is 32.2. The number of aromatic nitrogens is 3. The van der Waals surface area contributed by atoms with Crippen molar-refractivity contribution in [1.82, 2.24) is 15.2 Å². The van der Waals surface area contributed by atoms with Gasteiger partial charge in [0.1, 0.15) is 5.01 Å². The molecule has 4 aromatic rings.